The van der Waals surface area contributed by atoms with E-state index in [2.05, 4.69) is 5.32 Å². The van der Waals surface area contributed by atoms with Gasteiger partial charge in [0.15, 0.2) is 6.61 Å². The lowest BCUT2D eigenvalue weighted by atomic mass is 9.86. The Morgan fingerprint density at radius 1 is 0.913 bits per heavy atom. The molecule has 3 atom stereocenters. The molecular formula is C19H31NO3. The Labute approximate surface area is 139 Å². The predicted octanol–water partition coefficient (Wildman–Crippen LogP) is 3.59. The third-order valence-electron chi connectivity index (χ3n) is 6.15. The lowest BCUT2D eigenvalue weighted by Crippen LogP contribution is -2.38. The standard InChI is InChI=1S/C19H31NO3/c21-18(20-17-6-4-2-1-3-5-7-17)13-23-19(22)12-16-11-14-8-9-15(16)10-14/h14-17H,1-13H2,(H,20,21)/t14-,15+,16-/m1/s1. The van der Waals surface area contributed by atoms with Gasteiger partial charge in [-0.2, -0.15) is 0 Å². The lowest BCUT2D eigenvalue weighted by Gasteiger charge is -2.22. The first-order valence-corrected chi connectivity index (χ1v) is 9.65. The van der Waals surface area contributed by atoms with Crippen molar-refractivity contribution in [2.24, 2.45) is 17.8 Å². The number of hydrogen-bond acceptors (Lipinski definition) is 3. The van der Waals surface area contributed by atoms with Crippen LogP contribution in [0, 0.1) is 17.8 Å². The molecule has 3 saturated carbocycles. The van der Waals surface area contributed by atoms with Crippen LogP contribution in [0.15, 0.2) is 0 Å². The number of amides is 1. The fourth-order valence-corrected chi connectivity index (χ4v) is 4.92. The van der Waals surface area contributed by atoms with Crippen LogP contribution in [0.2, 0.25) is 0 Å². The number of esters is 1. The summed E-state index contributed by atoms with van der Waals surface area (Å²) in [6, 6.07) is 0.270. The minimum atomic E-state index is -0.185. The Morgan fingerprint density at radius 2 is 1.65 bits per heavy atom. The maximum absolute atomic E-state index is 12.0. The second kappa shape index (κ2) is 8.16. The summed E-state index contributed by atoms with van der Waals surface area (Å²) in [4.78, 5) is 24.0. The van der Waals surface area contributed by atoms with E-state index in [4.69, 9.17) is 4.74 Å². The van der Waals surface area contributed by atoms with Crippen LogP contribution in [0.3, 0.4) is 0 Å². The smallest absolute Gasteiger partial charge is 0.306 e. The van der Waals surface area contributed by atoms with Gasteiger partial charge in [-0.25, -0.2) is 0 Å². The summed E-state index contributed by atoms with van der Waals surface area (Å²) >= 11 is 0. The summed E-state index contributed by atoms with van der Waals surface area (Å²) < 4.78 is 5.22. The van der Waals surface area contributed by atoms with Crippen LogP contribution in [0.4, 0.5) is 0 Å². The molecule has 0 saturated heterocycles. The Hall–Kier alpha value is -1.06. The van der Waals surface area contributed by atoms with Crippen molar-refractivity contribution in [1.82, 2.24) is 5.32 Å². The molecule has 3 aliphatic carbocycles. The van der Waals surface area contributed by atoms with Crippen molar-refractivity contribution in [3.05, 3.63) is 0 Å². The van der Waals surface area contributed by atoms with Gasteiger partial charge in [0.05, 0.1) is 0 Å². The van der Waals surface area contributed by atoms with Crippen LogP contribution in [0.1, 0.15) is 77.0 Å². The SMILES string of the molecule is O=C(COC(=O)C[C@H]1C[C@@H]2CC[C@H]1C2)NC1CCCCCCC1. The molecule has 0 radical (unpaired) electrons. The third kappa shape index (κ3) is 4.95. The van der Waals surface area contributed by atoms with Crippen molar-refractivity contribution in [2.45, 2.75) is 83.1 Å². The van der Waals surface area contributed by atoms with Crippen LogP contribution >= 0.6 is 0 Å². The van der Waals surface area contributed by atoms with Gasteiger partial charge in [-0.15, -0.1) is 0 Å². The highest BCUT2D eigenvalue weighted by molar-refractivity contribution is 5.80. The molecule has 0 aliphatic heterocycles. The first-order chi connectivity index (χ1) is 11.2. The second-order valence-corrected chi connectivity index (χ2v) is 7.91. The van der Waals surface area contributed by atoms with Gasteiger partial charge in [0.2, 0.25) is 0 Å². The number of fused-ring (bicyclic) bond motifs is 2. The number of carbonyl (C=O) groups is 2. The fourth-order valence-electron chi connectivity index (χ4n) is 4.92. The normalized spacial score (nSPS) is 31.4. The highest BCUT2D eigenvalue weighted by Crippen LogP contribution is 2.49. The number of ether oxygens (including phenoxy) is 1. The average molecular weight is 321 g/mol. The summed E-state index contributed by atoms with van der Waals surface area (Å²) in [7, 11) is 0. The predicted molar refractivity (Wildman–Crippen MR) is 88.8 cm³/mol. The Bertz CT molecular complexity index is 415. The van der Waals surface area contributed by atoms with E-state index in [-0.39, 0.29) is 24.5 Å². The molecule has 23 heavy (non-hydrogen) atoms. The van der Waals surface area contributed by atoms with Gasteiger partial charge < -0.3 is 10.1 Å². The zero-order valence-electron chi connectivity index (χ0n) is 14.2. The highest BCUT2D eigenvalue weighted by Gasteiger charge is 2.40. The lowest BCUT2D eigenvalue weighted by molar-refractivity contribution is -0.150. The average Bonchev–Trinajstić information content (AvgIpc) is 3.10. The first-order valence-electron chi connectivity index (χ1n) is 9.65. The molecule has 4 nitrogen and oxygen atoms in total. The molecule has 4 heteroatoms. The van der Waals surface area contributed by atoms with E-state index in [0.29, 0.717) is 12.3 Å². The Balaban J connectivity index is 1.32. The Morgan fingerprint density at radius 3 is 2.30 bits per heavy atom. The van der Waals surface area contributed by atoms with Gasteiger partial charge in [-0.05, 0) is 49.9 Å². The van der Waals surface area contributed by atoms with Gasteiger partial charge in [-0.3, -0.25) is 9.59 Å². The summed E-state index contributed by atoms with van der Waals surface area (Å²) in [5.41, 5.74) is 0. The molecule has 0 unspecified atom stereocenters. The zero-order valence-corrected chi connectivity index (χ0v) is 14.2. The number of carbonyl (C=O) groups excluding carboxylic acids is 2. The molecule has 2 bridgehead atoms. The summed E-state index contributed by atoms with van der Waals surface area (Å²) in [6.07, 6.45) is 14.0. The molecule has 3 aliphatic rings. The maximum atomic E-state index is 12.0. The van der Waals surface area contributed by atoms with Gasteiger partial charge in [0.25, 0.3) is 5.91 Å². The van der Waals surface area contributed by atoms with Gasteiger partial charge in [0, 0.05) is 12.5 Å². The molecule has 130 valence electrons. The maximum Gasteiger partial charge on any atom is 0.306 e. The number of rotatable bonds is 5. The fraction of sp³-hybridized carbons (Fsp3) is 0.895. The zero-order chi connectivity index (χ0) is 16.1. The summed E-state index contributed by atoms with van der Waals surface area (Å²) in [5, 5.41) is 3.05. The molecule has 1 N–H and O–H groups in total. The largest absolute Gasteiger partial charge is 0.456 e. The van der Waals surface area contributed by atoms with Crippen molar-refractivity contribution < 1.29 is 14.3 Å². The van der Waals surface area contributed by atoms with Crippen LogP contribution in [-0.4, -0.2) is 24.5 Å². The van der Waals surface area contributed by atoms with E-state index < -0.39 is 0 Å². The van der Waals surface area contributed by atoms with Gasteiger partial charge in [0.1, 0.15) is 0 Å². The van der Waals surface area contributed by atoms with E-state index >= 15 is 0 Å². The van der Waals surface area contributed by atoms with Gasteiger partial charge >= 0.3 is 5.97 Å². The molecule has 0 aromatic rings. The van der Waals surface area contributed by atoms with Crippen molar-refractivity contribution in [3.8, 4) is 0 Å². The first kappa shape index (κ1) is 16.8. The monoisotopic (exact) mass is 321 g/mol. The third-order valence-corrected chi connectivity index (χ3v) is 6.15. The van der Waals surface area contributed by atoms with Crippen molar-refractivity contribution >= 4 is 11.9 Å². The topological polar surface area (TPSA) is 55.4 Å². The van der Waals surface area contributed by atoms with Crippen LogP contribution in [0.5, 0.6) is 0 Å². The number of hydrogen-bond donors (Lipinski definition) is 1. The molecular weight excluding hydrogens is 290 g/mol. The van der Waals surface area contributed by atoms with Crippen molar-refractivity contribution in [3.63, 3.8) is 0 Å². The minimum absolute atomic E-state index is 0.101. The highest BCUT2D eigenvalue weighted by atomic mass is 16.5. The van der Waals surface area contributed by atoms with Crippen molar-refractivity contribution in [1.29, 1.82) is 0 Å². The van der Waals surface area contributed by atoms with Gasteiger partial charge in [-0.1, -0.05) is 38.5 Å². The van der Waals surface area contributed by atoms with E-state index in [0.717, 1.165) is 24.7 Å². The van der Waals surface area contributed by atoms with E-state index in [1.165, 1.54) is 57.8 Å². The molecule has 1 amide bonds. The molecule has 0 aromatic heterocycles. The van der Waals surface area contributed by atoms with Crippen LogP contribution in [-0.2, 0) is 14.3 Å². The number of nitrogens with one attached hydrogen (secondary N) is 1. The van der Waals surface area contributed by atoms with E-state index in [9.17, 15) is 9.59 Å². The van der Waals surface area contributed by atoms with Crippen molar-refractivity contribution in [2.75, 3.05) is 6.61 Å². The molecule has 3 fully saturated rings. The van der Waals surface area contributed by atoms with E-state index in [1.807, 2.05) is 0 Å². The van der Waals surface area contributed by atoms with Crippen LogP contribution < -0.4 is 5.32 Å². The molecule has 0 heterocycles. The molecule has 0 aromatic carbocycles. The second-order valence-electron chi connectivity index (χ2n) is 7.91. The van der Waals surface area contributed by atoms with E-state index in [1.54, 1.807) is 0 Å². The minimum Gasteiger partial charge on any atom is -0.456 e. The quantitative estimate of drug-likeness (QED) is 0.787. The summed E-state index contributed by atoms with van der Waals surface area (Å²) in [6.45, 7) is -0.101. The Kier molecular flexibility index (Phi) is 5.96. The molecule has 0 spiro atoms. The van der Waals surface area contributed by atoms with Crippen LogP contribution in [0.25, 0.3) is 0 Å². The molecule has 3 rings (SSSR count). The summed E-state index contributed by atoms with van der Waals surface area (Å²) in [5.74, 6) is 1.78.